The number of benzene rings is 1. The average Bonchev–Trinajstić information content (AvgIpc) is 3.31. The smallest absolute Gasteiger partial charge is 0.354 e. The van der Waals surface area contributed by atoms with Gasteiger partial charge >= 0.3 is 5.97 Å². The van der Waals surface area contributed by atoms with Crippen molar-refractivity contribution < 1.29 is 29.0 Å². The number of aromatic amines is 1. The predicted octanol–water partition coefficient (Wildman–Crippen LogP) is 3.32. The van der Waals surface area contributed by atoms with Gasteiger partial charge in [0.15, 0.2) is 0 Å². The summed E-state index contributed by atoms with van der Waals surface area (Å²) in [5, 5.41) is 11.4. The molecule has 2 aromatic rings. The van der Waals surface area contributed by atoms with E-state index in [0.29, 0.717) is 48.6 Å². The predicted molar refractivity (Wildman–Crippen MR) is 137 cm³/mol. The fourth-order valence-electron chi connectivity index (χ4n) is 4.94. The number of carbonyl (C=O) groups excluding carboxylic acids is 3. The topological polar surface area (TPSA) is 112 Å². The van der Waals surface area contributed by atoms with E-state index < -0.39 is 23.7 Å². The Morgan fingerprint density at radius 3 is 2.47 bits per heavy atom. The second kappa shape index (κ2) is 11.0. The first kappa shape index (κ1) is 26.1. The van der Waals surface area contributed by atoms with Crippen molar-refractivity contribution in [3.05, 3.63) is 62.4 Å². The number of ketones is 1. The minimum Gasteiger partial charge on any atom is -0.507 e. The van der Waals surface area contributed by atoms with Gasteiger partial charge in [-0.2, -0.15) is 0 Å². The van der Waals surface area contributed by atoms with E-state index in [1.54, 1.807) is 13.8 Å². The lowest BCUT2D eigenvalue weighted by atomic mass is 9.94. The van der Waals surface area contributed by atoms with Crippen molar-refractivity contribution in [2.75, 3.05) is 46.5 Å². The van der Waals surface area contributed by atoms with E-state index in [-0.39, 0.29) is 17.0 Å². The van der Waals surface area contributed by atoms with Crippen molar-refractivity contribution >= 4 is 39.3 Å². The first-order valence-electron chi connectivity index (χ1n) is 11.9. The number of Topliss-reactive ketones (excluding diaryl/α,β-unsaturated/α-hetero) is 1. The first-order chi connectivity index (χ1) is 17.2. The molecule has 0 saturated carbocycles. The first-order valence-corrected chi connectivity index (χ1v) is 12.7. The minimum absolute atomic E-state index is 0.00955. The summed E-state index contributed by atoms with van der Waals surface area (Å²) >= 11 is 3.43. The highest BCUT2D eigenvalue weighted by molar-refractivity contribution is 9.10. The van der Waals surface area contributed by atoms with Crippen LogP contribution in [0.4, 0.5) is 0 Å². The van der Waals surface area contributed by atoms with Gasteiger partial charge in [-0.15, -0.1) is 0 Å². The van der Waals surface area contributed by atoms with E-state index in [0.717, 1.165) is 24.1 Å². The Hall–Kier alpha value is -2.95. The molecule has 192 valence electrons. The van der Waals surface area contributed by atoms with E-state index in [1.807, 2.05) is 24.3 Å². The molecule has 2 fully saturated rings. The number of esters is 1. The largest absolute Gasteiger partial charge is 0.507 e. The Labute approximate surface area is 218 Å². The number of carbonyl (C=O) groups is 3. The maximum atomic E-state index is 13.3. The van der Waals surface area contributed by atoms with Gasteiger partial charge in [0.05, 0.1) is 31.9 Å². The van der Waals surface area contributed by atoms with Crippen LogP contribution in [0.3, 0.4) is 0 Å². The molecule has 10 heteroatoms. The normalized spacial score (nSPS) is 20.2. The molecular weight excluding hydrogens is 530 g/mol. The fraction of sp³-hybridized carbons (Fsp3) is 0.423. The van der Waals surface area contributed by atoms with Crippen LogP contribution in [0, 0.1) is 13.8 Å². The molecule has 2 saturated heterocycles. The van der Waals surface area contributed by atoms with Gasteiger partial charge in [-0.3, -0.25) is 14.5 Å². The second-order valence-corrected chi connectivity index (χ2v) is 9.88. The Morgan fingerprint density at radius 1 is 1.17 bits per heavy atom. The molecule has 1 aromatic carbocycles. The van der Waals surface area contributed by atoms with Crippen LogP contribution in [0.2, 0.25) is 0 Å². The third kappa shape index (κ3) is 4.98. The number of nitrogens with zero attached hydrogens (tertiary/aromatic N) is 2. The summed E-state index contributed by atoms with van der Waals surface area (Å²) in [6.07, 6.45) is 0.675. The molecule has 0 radical (unpaired) electrons. The molecule has 1 aromatic heterocycles. The molecule has 4 rings (SSSR count). The molecule has 1 unspecified atom stereocenters. The summed E-state index contributed by atoms with van der Waals surface area (Å²) in [5.74, 6) is -2.28. The Bertz CT molecular complexity index is 1200. The van der Waals surface area contributed by atoms with Crippen molar-refractivity contribution in [3.8, 4) is 0 Å². The van der Waals surface area contributed by atoms with Gasteiger partial charge in [0.25, 0.3) is 11.7 Å². The molecule has 3 heterocycles. The van der Waals surface area contributed by atoms with E-state index >= 15 is 0 Å². The lowest BCUT2D eigenvalue weighted by Gasteiger charge is -2.29. The molecular formula is C26H30BrN3O6. The number of hydrogen-bond donors (Lipinski definition) is 2. The number of H-pyrrole nitrogens is 1. The molecule has 1 amide bonds. The third-order valence-corrected chi connectivity index (χ3v) is 7.30. The Balaban J connectivity index is 1.74. The monoisotopic (exact) mass is 559 g/mol. The Morgan fingerprint density at radius 2 is 1.83 bits per heavy atom. The van der Waals surface area contributed by atoms with Gasteiger partial charge in [0.1, 0.15) is 11.5 Å². The summed E-state index contributed by atoms with van der Waals surface area (Å²) in [7, 11) is 1.27. The number of aliphatic hydroxyl groups excluding tert-OH is 1. The molecule has 2 aliphatic heterocycles. The SMILES string of the molecule is COC(=O)c1[nH]c(C)c(C(O)=C2C(=O)C(=O)N(CCCN3CCOCC3)C2c2ccc(Br)cc2)c1C. The van der Waals surface area contributed by atoms with Crippen LogP contribution in [0.5, 0.6) is 0 Å². The summed E-state index contributed by atoms with van der Waals surface area (Å²) in [6.45, 7) is 7.54. The van der Waals surface area contributed by atoms with Crippen LogP contribution >= 0.6 is 15.9 Å². The highest BCUT2D eigenvalue weighted by Crippen LogP contribution is 2.41. The van der Waals surface area contributed by atoms with Gasteiger partial charge in [-0.25, -0.2) is 4.79 Å². The van der Waals surface area contributed by atoms with Crippen LogP contribution < -0.4 is 0 Å². The van der Waals surface area contributed by atoms with Crippen LogP contribution in [0.25, 0.3) is 5.76 Å². The second-order valence-electron chi connectivity index (χ2n) is 8.97. The van der Waals surface area contributed by atoms with Crippen molar-refractivity contribution in [1.29, 1.82) is 0 Å². The fourth-order valence-corrected chi connectivity index (χ4v) is 5.20. The van der Waals surface area contributed by atoms with Crippen molar-refractivity contribution in [1.82, 2.24) is 14.8 Å². The van der Waals surface area contributed by atoms with Crippen LogP contribution in [-0.4, -0.2) is 84.1 Å². The summed E-state index contributed by atoms with van der Waals surface area (Å²) in [6, 6.07) is 6.59. The highest BCUT2D eigenvalue weighted by Gasteiger charge is 2.46. The summed E-state index contributed by atoms with van der Waals surface area (Å²) in [4.78, 5) is 45.5. The summed E-state index contributed by atoms with van der Waals surface area (Å²) in [5.41, 5.74) is 2.18. The number of amides is 1. The van der Waals surface area contributed by atoms with Crippen molar-refractivity contribution in [2.45, 2.75) is 26.3 Å². The number of ether oxygens (including phenoxy) is 2. The number of hydrogen-bond acceptors (Lipinski definition) is 7. The molecule has 1 atom stereocenters. The molecule has 2 aliphatic rings. The third-order valence-electron chi connectivity index (χ3n) is 6.77. The van der Waals surface area contributed by atoms with Crippen LogP contribution in [0.15, 0.2) is 34.3 Å². The zero-order valence-corrected chi connectivity index (χ0v) is 22.2. The number of aliphatic hydroxyl groups is 1. The number of morpholine rings is 1. The number of aromatic nitrogens is 1. The van der Waals surface area contributed by atoms with Gasteiger partial charge in [-0.05, 0) is 43.5 Å². The summed E-state index contributed by atoms with van der Waals surface area (Å²) < 4.78 is 11.1. The van der Waals surface area contributed by atoms with Crippen LogP contribution in [0.1, 0.15) is 45.3 Å². The van der Waals surface area contributed by atoms with E-state index in [2.05, 4.69) is 25.8 Å². The number of methoxy groups -OCH3 is 1. The molecule has 2 N–H and O–H groups in total. The number of rotatable bonds is 7. The van der Waals surface area contributed by atoms with Gasteiger partial charge in [-0.1, -0.05) is 28.1 Å². The minimum atomic E-state index is -0.752. The molecule has 0 aliphatic carbocycles. The molecule has 0 bridgehead atoms. The molecule has 0 spiro atoms. The van der Waals surface area contributed by atoms with Crippen molar-refractivity contribution in [3.63, 3.8) is 0 Å². The lowest BCUT2D eigenvalue weighted by Crippen LogP contribution is -2.38. The standard InChI is InChI=1S/C26H30BrN3O6/c1-15-19(16(2)28-21(15)26(34)35-3)23(31)20-22(17-5-7-18(27)8-6-17)30(25(33)24(20)32)10-4-9-29-11-13-36-14-12-29/h5-8,22,28,31H,4,9-14H2,1-3H3. The number of halogens is 1. The number of aryl methyl sites for hydroxylation is 1. The van der Waals surface area contributed by atoms with E-state index in [1.165, 1.54) is 12.0 Å². The van der Waals surface area contributed by atoms with E-state index in [4.69, 9.17) is 9.47 Å². The van der Waals surface area contributed by atoms with Gasteiger partial charge in [0, 0.05) is 41.9 Å². The zero-order chi connectivity index (χ0) is 26.0. The zero-order valence-electron chi connectivity index (χ0n) is 20.6. The number of likely N-dealkylation sites (tertiary alicyclic amines) is 1. The van der Waals surface area contributed by atoms with Crippen LogP contribution in [-0.2, 0) is 19.1 Å². The number of nitrogens with one attached hydrogen (secondary N) is 1. The highest BCUT2D eigenvalue weighted by atomic mass is 79.9. The van der Waals surface area contributed by atoms with Crippen molar-refractivity contribution in [2.24, 2.45) is 0 Å². The lowest BCUT2D eigenvalue weighted by molar-refractivity contribution is -0.140. The maximum absolute atomic E-state index is 13.3. The Kier molecular flexibility index (Phi) is 7.97. The van der Waals surface area contributed by atoms with Gasteiger partial charge < -0.3 is 24.5 Å². The maximum Gasteiger partial charge on any atom is 0.354 e. The quantitative estimate of drug-likeness (QED) is 0.231. The molecule has 9 nitrogen and oxygen atoms in total. The average molecular weight is 560 g/mol. The molecule has 36 heavy (non-hydrogen) atoms. The van der Waals surface area contributed by atoms with Gasteiger partial charge in [0.2, 0.25) is 0 Å². The van der Waals surface area contributed by atoms with E-state index in [9.17, 15) is 19.5 Å².